The Labute approximate surface area is 161 Å². The van der Waals surface area contributed by atoms with Gasteiger partial charge in [0.1, 0.15) is 0 Å². The summed E-state index contributed by atoms with van der Waals surface area (Å²) in [6, 6.07) is 18.3. The minimum atomic E-state index is -0.149. The monoisotopic (exact) mass is 412 g/mol. The van der Waals surface area contributed by atoms with Crippen LogP contribution in [0.3, 0.4) is 0 Å². The van der Waals surface area contributed by atoms with E-state index in [1.165, 1.54) is 0 Å². The average Bonchev–Trinajstić information content (AvgIpc) is 2.66. The summed E-state index contributed by atoms with van der Waals surface area (Å²) < 4.78 is 6.01. The van der Waals surface area contributed by atoms with Gasteiger partial charge in [-0.05, 0) is 37.6 Å². The number of carbonyl (C=O) groups excluding carboxylic acids is 1. The van der Waals surface area contributed by atoms with Gasteiger partial charge in [-0.2, -0.15) is 0 Å². The molecular weight excluding hydrogens is 392 g/mol. The zero-order chi connectivity index (χ0) is 18.4. The molecular formula is C21H21BrN2O2. The van der Waals surface area contributed by atoms with Crippen LogP contribution in [-0.2, 0) is 9.53 Å². The maximum Gasteiger partial charge on any atom is 0.305 e. The van der Waals surface area contributed by atoms with Crippen molar-refractivity contribution in [3.05, 3.63) is 59.1 Å². The molecule has 0 aliphatic carbocycles. The van der Waals surface area contributed by atoms with Crippen molar-refractivity contribution >= 4 is 38.5 Å². The fourth-order valence-corrected chi connectivity index (χ4v) is 3.04. The number of nitrogens with one attached hydrogen (secondary N) is 1. The molecule has 0 amide bonds. The van der Waals surface area contributed by atoms with Crippen molar-refractivity contribution in [2.75, 3.05) is 18.5 Å². The molecule has 1 aromatic heterocycles. The van der Waals surface area contributed by atoms with Gasteiger partial charge in [0.25, 0.3) is 0 Å². The van der Waals surface area contributed by atoms with E-state index in [1.807, 2.05) is 49.4 Å². The Kier molecular flexibility index (Phi) is 6.23. The lowest BCUT2D eigenvalue weighted by Crippen LogP contribution is -2.08. The lowest BCUT2D eigenvalue weighted by Gasteiger charge is -2.12. The standard InChI is InChI=1S/C21H21BrN2O2/c1-2-26-21(25)8-5-13-23-20-14-19(15-9-11-16(22)12-10-15)24-18-7-4-3-6-17(18)20/h3-4,6-7,9-12,14H,2,5,8,13H2,1H3,(H,23,24). The highest BCUT2D eigenvalue weighted by molar-refractivity contribution is 9.10. The number of benzene rings is 2. The molecule has 1 N–H and O–H groups in total. The third-order valence-electron chi connectivity index (χ3n) is 4.03. The van der Waals surface area contributed by atoms with Gasteiger partial charge < -0.3 is 10.1 Å². The molecule has 5 heteroatoms. The number of nitrogens with zero attached hydrogens (tertiary/aromatic N) is 1. The van der Waals surface area contributed by atoms with E-state index in [-0.39, 0.29) is 5.97 Å². The Morgan fingerprint density at radius 3 is 2.69 bits per heavy atom. The van der Waals surface area contributed by atoms with Crippen molar-refractivity contribution in [1.29, 1.82) is 0 Å². The van der Waals surface area contributed by atoms with Crippen LogP contribution in [0.25, 0.3) is 22.2 Å². The number of carbonyl (C=O) groups is 1. The van der Waals surface area contributed by atoms with Crippen LogP contribution in [0.4, 0.5) is 5.69 Å². The summed E-state index contributed by atoms with van der Waals surface area (Å²) >= 11 is 3.47. The van der Waals surface area contributed by atoms with E-state index < -0.39 is 0 Å². The molecule has 0 spiro atoms. The minimum Gasteiger partial charge on any atom is -0.466 e. The molecule has 0 fully saturated rings. The van der Waals surface area contributed by atoms with Crippen molar-refractivity contribution in [2.45, 2.75) is 19.8 Å². The van der Waals surface area contributed by atoms with E-state index in [0.717, 1.165) is 38.7 Å². The topological polar surface area (TPSA) is 51.2 Å². The number of para-hydroxylation sites is 1. The predicted octanol–water partition coefficient (Wildman–Crippen LogP) is 5.42. The minimum absolute atomic E-state index is 0.149. The van der Waals surface area contributed by atoms with Crippen LogP contribution in [0.5, 0.6) is 0 Å². The first-order valence-corrected chi connectivity index (χ1v) is 9.52. The highest BCUT2D eigenvalue weighted by Crippen LogP contribution is 2.29. The summed E-state index contributed by atoms with van der Waals surface area (Å²) in [6.45, 7) is 2.95. The number of aromatic nitrogens is 1. The average molecular weight is 413 g/mol. The first-order chi connectivity index (χ1) is 12.7. The Hall–Kier alpha value is -2.40. The predicted molar refractivity (Wildman–Crippen MR) is 109 cm³/mol. The summed E-state index contributed by atoms with van der Waals surface area (Å²) in [7, 11) is 0. The molecule has 0 unspecified atom stereocenters. The van der Waals surface area contributed by atoms with Crippen molar-refractivity contribution < 1.29 is 9.53 Å². The Bertz CT molecular complexity index is 894. The molecule has 0 aliphatic heterocycles. The van der Waals surface area contributed by atoms with Crippen LogP contribution in [0.2, 0.25) is 0 Å². The fraction of sp³-hybridized carbons (Fsp3) is 0.238. The fourth-order valence-electron chi connectivity index (χ4n) is 2.78. The molecule has 0 radical (unpaired) electrons. The van der Waals surface area contributed by atoms with Gasteiger partial charge in [-0.25, -0.2) is 4.98 Å². The Morgan fingerprint density at radius 1 is 1.15 bits per heavy atom. The molecule has 0 aliphatic rings. The van der Waals surface area contributed by atoms with Crippen LogP contribution < -0.4 is 5.32 Å². The third-order valence-corrected chi connectivity index (χ3v) is 4.56. The van der Waals surface area contributed by atoms with Gasteiger partial charge in [0.15, 0.2) is 0 Å². The van der Waals surface area contributed by atoms with Crippen LogP contribution in [0.15, 0.2) is 59.1 Å². The maximum absolute atomic E-state index is 11.5. The summed E-state index contributed by atoms with van der Waals surface area (Å²) in [5.74, 6) is -0.149. The Morgan fingerprint density at radius 2 is 1.92 bits per heavy atom. The van der Waals surface area contributed by atoms with Gasteiger partial charge >= 0.3 is 5.97 Å². The molecule has 3 rings (SSSR count). The normalized spacial score (nSPS) is 10.7. The number of fused-ring (bicyclic) bond motifs is 1. The highest BCUT2D eigenvalue weighted by Gasteiger charge is 2.08. The largest absolute Gasteiger partial charge is 0.466 e. The summed E-state index contributed by atoms with van der Waals surface area (Å²) in [5, 5.41) is 4.52. The highest BCUT2D eigenvalue weighted by atomic mass is 79.9. The third kappa shape index (κ3) is 4.61. The molecule has 3 aromatic rings. The van der Waals surface area contributed by atoms with E-state index in [0.29, 0.717) is 19.6 Å². The molecule has 134 valence electrons. The summed E-state index contributed by atoms with van der Waals surface area (Å²) in [6.07, 6.45) is 1.15. The van der Waals surface area contributed by atoms with Crippen LogP contribution in [0, 0.1) is 0 Å². The Balaban J connectivity index is 1.81. The number of pyridine rings is 1. The zero-order valence-electron chi connectivity index (χ0n) is 14.7. The van der Waals surface area contributed by atoms with Crippen molar-refractivity contribution in [3.63, 3.8) is 0 Å². The van der Waals surface area contributed by atoms with Gasteiger partial charge in [-0.1, -0.05) is 46.3 Å². The molecule has 1 heterocycles. The van der Waals surface area contributed by atoms with E-state index in [1.54, 1.807) is 0 Å². The van der Waals surface area contributed by atoms with Gasteiger partial charge in [0.2, 0.25) is 0 Å². The second-order valence-electron chi connectivity index (χ2n) is 5.91. The van der Waals surface area contributed by atoms with Crippen molar-refractivity contribution in [1.82, 2.24) is 4.98 Å². The second-order valence-corrected chi connectivity index (χ2v) is 6.83. The van der Waals surface area contributed by atoms with Crippen molar-refractivity contribution in [2.24, 2.45) is 0 Å². The number of esters is 1. The number of hydrogen-bond acceptors (Lipinski definition) is 4. The van der Waals surface area contributed by atoms with Gasteiger partial charge in [-0.15, -0.1) is 0 Å². The first kappa shape index (κ1) is 18.4. The molecule has 0 saturated carbocycles. The van der Waals surface area contributed by atoms with Gasteiger partial charge in [0.05, 0.1) is 17.8 Å². The first-order valence-electron chi connectivity index (χ1n) is 8.72. The summed E-state index contributed by atoms with van der Waals surface area (Å²) in [4.78, 5) is 16.3. The second kappa shape index (κ2) is 8.81. The van der Waals surface area contributed by atoms with Gasteiger partial charge in [0, 0.05) is 34.1 Å². The molecule has 0 saturated heterocycles. The lowest BCUT2D eigenvalue weighted by molar-refractivity contribution is -0.143. The summed E-state index contributed by atoms with van der Waals surface area (Å²) in [5.41, 5.74) is 3.95. The number of hydrogen-bond donors (Lipinski definition) is 1. The number of anilines is 1. The molecule has 2 aromatic carbocycles. The van der Waals surface area contributed by atoms with Crippen LogP contribution in [0.1, 0.15) is 19.8 Å². The number of halogens is 1. The molecule has 26 heavy (non-hydrogen) atoms. The molecule has 4 nitrogen and oxygen atoms in total. The van der Waals surface area contributed by atoms with Crippen LogP contribution >= 0.6 is 15.9 Å². The van der Waals surface area contributed by atoms with E-state index in [9.17, 15) is 4.79 Å². The van der Waals surface area contributed by atoms with E-state index in [4.69, 9.17) is 9.72 Å². The quantitative estimate of drug-likeness (QED) is 0.415. The maximum atomic E-state index is 11.5. The van der Waals surface area contributed by atoms with Crippen LogP contribution in [-0.4, -0.2) is 24.1 Å². The SMILES string of the molecule is CCOC(=O)CCCNc1cc(-c2ccc(Br)cc2)nc2ccccc12. The lowest BCUT2D eigenvalue weighted by atomic mass is 10.1. The smallest absolute Gasteiger partial charge is 0.305 e. The number of rotatable bonds is 7. The van der Waals surface area contributed by atoms with E-state index in [2.05, 4.69) is 33.4 Å². The van der Waals surface area contributed by atoms with Crippen molar-refractivity contribution in [3.8, 4) is 11.3 Å². The number of ether oxygens (including phenoxy) is 1. The van der Waals surface area contributed by atoms with Gasteiger partial charge in [-0.3, -0.25) is 4.79 Å². The molecule has 0 bridgehead atoms. The van der Waals surface area contributed by atoms with E-state index >= 15 is 0 Å². The zero-order valence-corrected chi connectivity index (χ0v) is 16.3. The molecule has 0 atom stereocenters.